The van der Waals surface area contributed by atoms with Crippen molar-refractivity contribution >= 4 is 17.9 Å². The van der Waals surface area contributed by atoms with Gasteiger partial charge in [0, 0.05) is 59.1 Å². The quantitative estimate of drug-likeness (QED) is 0.227. The van der Waals surface area contributed by atoms with Crippen molar-refractivity contribution in [1.82, 2.24) is 19.8 Å². The number of aromatic nitrogens is 2. The summed E-state index contributed by atoms with van der Waals surface area (Å²) in [4.78, 5) is 39.5. The number of pyridine rings is 1. The molecule has 0 fully saturated rings. The molecule has 0 aliphatic heterocycles. The van der Waals surface area contributed by atoms with E-state index in [4.69, 9.17) is 9.15 Å². The third-order valence-electron chi connectivity index (χ3n) is 6.87. The van der Waals surface area contributed by atoms with Crippen molar-refractivity contribution in [3.63, 3.8) is 0 Å². The molecule has 8 nitrogen and oxygen atoms in total. The molecule has 4 aromatic rings. The van der Waals surface area contributed by atoms with E-state index in [0.717, 1.165) is 22.3 Å². The summed E-state index contributed by atoms with van der Waals surface area (Å²) in [5, 5.41) is 0. The van der Waals surface area contributed by atoms with E-state index < -0.39 is 6.04 Å². The van der Waals surface area contributed by atoms with Crippen molar-refractivity contribution in [2.24, 2.45) is 0 Å². The highest BCUT2D eigenvalue weighted by atomic mass is 16.5. The number of hydrogen-bond acceptors (Lipinski definition) is 6. The minimum Gasteiger partial charge on any atom is -0.446 e. The van der Waals surface area contributed by atoms with E-state index in [1.165, 1.54) is 6.08 Å². The minimum absolute atomic E-state index is 0.158. The van der Waals surface area contributed by atoms with Gasteiger partial charge >= 0.3 is 0 Å². The van der Waals surface area contributed by atoms with E-state index in [0.29, 0.717) is 36.9 Å². The minimum atomic E-state index is -0.739. The molecule has 4 rings (SSSR count). The number of nitrogens with zero attached hydrogens (tertiary/aromatic N) is 4. The number of oxazole rings is 1. The van der Waals surface area contributed by atoms with Crippen molar-refractivity contribution in [1.29, 1.82) is 0 Å². The highest BCUT2D eigenvalue weighted by Crippen LogP contribution is 2.22. The topological polar surface area (TPSA) is 88.8 Å². The molecular formula is C33H36N4O4. The molecule has 212 valence electrons. The van der Waals surface area contributed by atoms with E-state index in [1.54, 1.807) is 56.3 Å². The number of rotatable bonds is 12. The molecule has 0 spiro atoms. The fourth-order valence-electron chi connectivity index (χ4n) is 4.59. The van der Waals surface area contributed by atoms with Gasteiger partial charge < -0.3 is 19.0 Å². The van der Waals surface area contributed by atoms with Crippen LogP contribution in [0.4, 0.5) is 0 Å². The Labute approximate surface area is 241 Å². The van der Waals surface area contributed by atoms with Gasteiger partial charge in [-0.3, -0.25) is 14.6 Å². The first-order valence-corrected chi connectivity index (χ1v) is 13.6. The third kappa shape index (κ3) is 7.99. The number of hydrogen-bond donors (Lipinski definition) is 0. The summed E-state index contributed by atoms with van der Waals surface area (Å²) in [6.45, 7) is 4.63. The second-order valence-corrected chi connectivity index (χ2v) is 9.86. The lowest BCUT2D eigenvalue weighted by molar-refractivity contribution is -0.143. The Hall–Kier alpha value is -4.56. The molecule has 0 radical (unpaired) electrons. The van der Waals surface area contributed by atoms with Crippen LogP contribution in [0.15, 0.2) is 89.6 Å². The normalized spacial score (nSPS) is 11.9. The molecular weight excluding hydrogens is 516 g/mol. The van der Waals surface area contributed by atoms with E-state index in [2.05, 4.69) is 9.97 Å². The van der Waals surface area contributed by atoms with Crippen molar-refractivity contribution in [2.45, 2.75) is 32.9 Å². The third-order valence-corrected chi connectivity index (χ3v) is 6.87. The van der Waals surface area contributed by atoms with Crippen LogP contribution < -0.4 is 0 Å². The average molecular weight is 553 g/mol. The Balaban J connectivity index is 1.69. The van der Waals surface area contributed by atoms with Gasteiger partial charge in [0.15, 0.2) is 5.89 Å². The van der Waals surface area contributed by atoms with Gasteiger partial charge in [-0.25, -0.2) is 4.98 Å². The van der Waals surface area contributed by atoms with Crippen LogP contribution in [0.2, 0.25) is 0 Å². The summed E-state index contributed by atoms with van der Waals surface area (Å²) in [6, 6.07) is 20.9. The molecule has 8 heteroatoms. The molecule has 0 aliphatic carbocycles. The molecule has 2 aromatic heterocycles. The molecule has 0 N–H and O–H groups in total. The second kappa shape index (κ2) is 14.2. The Morgan fingerprint density at radius 1 is 0.951 bits per heavy atom. The first-order valence-electron chi connectivity index (χ1n) is 13.6. The number of benzene rings is 2. The molecule has 2 amide bonds. The molecule has 0 aliphatic rings. The fourth-order valence-corrected chi connectivity index (χ4v) is 4.59. The lowest BCUT2D eigenvalue weighted by Gasteiger charge is -2.33. The Kier molecular flexibility index (Phi) is 10.2. The molecule has 0 bridgehead atoms. The Bertz CT molecular complexity index is 1450. The van der Waals surface area contributed by atoms with Crippen molar-refractivity contribution < 1.29 is 18.7 Å². The van der Waals surface area contributed by atoms with Crippen molar-refractivity contribution in [2.75, 3.05) is 27.3 Å². The van der Waals surface area contributed by atoms with Crippen molar-refractivity contribution in [3.05, 3.63) is 114 Å². The summed E-state index contributed by atoms with van der Waals surface area (Å²) >= 11 is 0. The lowest BCUT2D eigenvalue weighted by Crippen LogP contribution is -2.51. The second-order valence-electron chi connectivity index (χ2n) is 9.86. The first kappa shape index (κ1) is 29.4. The standard InChI is InChI=1S/C33H36N4O4/c1-24-30(35-25(2)41-24)14-15-32(38)37(23-27-10-12-28(13-11-27)29-16-18-34-19-17-29)31(22-26-8-6-5-7-9-26)33(39)36(3)20-21-40-4/h5-19,31H,20-23H2,1-4H3/t31-/m0/s1. The van der Waals surface area contributed by atoms with E-state index in [1.807, 2.05) is 66.7 Å². The van der Waals surface area contributed by atoms with Gasteiger partial charge in [0.2, 0.25) is 11.8 Å². The maximum absolute atomic E-state index is 13.9. The van der Waals surface area contributed by atoms with Crippen LogP contribution in [-0.2, 0) is 27.3 Å². The molecule has 2 heterocycles. The van der Waals surface area contributed by atoms with E-state index in [-0.39, 0.29) is 18.4 Å². The van der Waals surface area contributed by atoms with Crippen LogP contribution in [0.25, 0.3) is 17.2 Å². The fraction of sp³-hybridized carbons (Fsp3) is 0.273. The predicted octanol–water partition coefficient (Wildman–Crippen LogP) is 5.11. The monoisotopic (exact) mass is 552 g/mol. The zero-order valence-corrected chi connectivity index (χ0v) is 24.0. The summed E-state index contributed by atoms with van der Waals surface area (Å²) < 4.78 is 10.7. The van der Waals surface area contributed by atoms with Crippen LogP contribution in [0.1, 0.15) is 28.5 Å². The summed E-state index contributed by atoms with van der Waals surface area (Å²) in [5.74, 6) is 0.700. The van der Waals surface area contributed by atoms with Gasteiger partial charge in [0.1, 0.15) is 17.5 Å². The molecule has 0 unspecified atom stereocenters. The molecule has 2 aromatic carbocycles. The number of likely N-dealkylation sites (N-methyl/N-ethyl adjacent to an activating group) is 1. The van der Waals surface area contributed by atoms with Crippen LogP contribution >= 0.6 is 0 Å². The van der Waals surface area contributed by atoms with Gasteiger partial charge in [0.25, 0.3) is 0 Å². The summed E-state index contributed by atoms with van der Waals surface area (Å²) in [7, 11) is 3.34. The maximum Gasteiger partial charge on any atom is 0.247 e. The number of methoxy groups -OCH3 is 1. The zero-order chi connectivity index (χ0) is 29.2. The van der Waals surface area contributed by atoms with E-state index >= 15 is 0 Å². The highest BCUT2D eigenvalue weighted by Gasteiger charge is 2.31. The number of carbonyl (C=O) groups excluding carboxylic acids is 2. The Morgan fingerprint density at radius 2 is 1.63 bits per heavy atom. The zero-order valence-electron chi connectivity index (χ0n) is 24.0. The maximum atomic E-state index is 13.9. The molecule has 0 saturated carbocycles. The smallest absolute Gasteiger partial charge is 0.247 e. The van der Waals surface area contributed by atoms with Gasteiger partial charge in [-0.15, -0.1) is 0 Å². The van der Waals surface area contributed by atoms with Gasteiger partial charge in [-0.1, -0.05) is 54.6 Å². The van der Waals surface area contributed by atoms with Crippen LogP contribution in [0.3, 0.4) is 0 Å². The number of amides is 2. The van der Waals surface area contributed by atoms with Crippen LogP contribution in [0.5, 0.6) is 0 Å². The van der Waals surface area contributed by atoms with Crippen molar-refractivity contribution in [3.8, 4) is 11.1 Å². The lowest BCUT2D eigenvalue weighted by atomic mass is 10.0. The molecule has 1 atom stereocenters. The van der Waals surface area contributed by atoms with Gasteiger partial charge in [-0.05, 0) is 47.4 Å². The van der Waals surface area contributed by atoms with Gasteiger partial charge in [-0.2, -0.15) is 0 Å². The Morgan fingerprint density at radius 3 is 2.27 bits per heavy atom. The molecule has 41 heavy (non-hydrogen) atoms. The number of aryl methyl sites for hydroxylation is 2. The summed E-state index contributed by atoms with van der Waals surface area (Å²) in [6.07, 6.45) is 7.00. The van der Waals surface area contributed by atoms with Crippen LogP contribution in [-0.4, -0.2) is 64.9 Å². The summed E-state index contributed by atoms with van der Waals surface area (Å²) in [5.41, 5.74) is 4.55. The number of ether oxygens (including phenoxy) is 1. The largest absolute Gasteiger partial charge is 0.446 e. The first-order chi connectivity index (χ1) is 19.9. The van der Waals surface area contributed by atoms with E-state index in [9.17, 15) is 9.59 Å². The van der Waals surface area contributed by atoms with Gasteiger partial charge in [0.05, 0.1) is 6.61 Å². The number of carbonyl (C=O) groups is 2. The van der Waals surface area contributed by atoms with Crippen LogP contribution in [0, 0.1) is 13.8 Å². The predicted molar refractivity (Wildman–Crippen MR) is 159 cm³/mol. The highest BCUT2D eigenvalue weighted by molar-refractivity contribution is 5.95. The molecule has 0 saturated heterocycles. The average Bonchev–Trinajstić information content (AvgIpc) is 3.33. The SMILES string of the molecule is COCCN(C)C(=O)[C@H](Cc1ccccc1)N(Cc1ccc(-c2ccncc2)cc1)C(=O)C=Cc1nc(C)oc1C.